The summed E-state index contributed by atoms with van der Waals surface area (Å²) in [5.41, 5.74) is 3.31. The molecule has 0 spiro atoms. The highest BCUT2D eigenvalue weighted by atomic mass is 32.2. The number of hydrogen-bond acceptors (Lipinski definition) is 5. The molecule has 0 atom stereocenters. The highest BCUT2D eigenvalue weighted by Crippen LogP contribution is 2.33. The van der Waals surface area contributed by atoms with Crippen LogP contribution >= 0.6 is 11.8 Å². The van der Waals surface area contributed by atoms with Gasteiger partial charge >= 0.3 is 0 Å². The Morgan fingerprint density at radius 3 is 2.41 bits per heavy atom. The molecule has 1 aromatic carbocycles. The first-order valence-corrected chi connectivity index (χ1v) is 10.8. The second-order valence-corrected chi connectivity index (χ2v) is 8.74. The number of nitrogens with one attached hydrogen (secondary N) is 1. The molecule has 1 amide bonds. The Bertz CT molecular complexity index is 754. The first-order chi connectivity index (χ1) is 13.0. The summed E-state index contributed by atoms with van der Waals surface area (Å²) in [7, 11) is 0. The minimum Gasteiger partial charge on any atom is -0.325 e. The minimum atomic E-state index is -0.0176. The molecule has 0 aliphatic heterocycles. The molecule has 27 heavy (non-hydrogen) atoms. The van der Waals surface area contributed by atoms with Crippen molar-refractivity contribution in [3.8, 4) is 0 Å². The van der Waals surface area contributed by atoms with Gasteiger partial charge in [-0.2, -0.15) is 0 Å². The van der Waals surface area contributed by atoms with Gasteiger partial charge in [0.15, 0.2) is 0 Å². The lowest BCUT2D eigenvalue weighted by atomic mass is 9.92. The molecule has 0 unspecified atom stereocenters. The number of aromatic nitrogens is 4. The molecule has 7 heteroatoms. The van der Waals surface area contributed by atoms with Crippen molar-refractivity contribution in [3.05, 3.63) is 29.3 Å². The van der Waals surface area contributed by atoms with Crippen LogP contribution in [-0.4, -0.2) is 31.9 Å². The number of carbonyl (C=O) groups excluding carboxylic acids is 1. The topological polar surface area (TPSA) is 72.7 Å². The van der Waals surface area contributed by atoms with Gasteiger partial charge in [0, 0.05) is 5.69 Å². The van der Waals surface area contributed by atoms with E-state index in [2.05, 4.69) is 66.7 Å². The second-order valence-electron chi connectivity index (χ2n) is 7.80. The van der Waals surface area contributed by atoms with Crippen LogP contribution in [0.1, 0.15) is 82.4 Å². The molecule has 1 heterocycles. The van der Waals surface area contributed by atoms with Crippen LogP contribution < -0.4 is 5.32 Å². The lowest BCUT2D eigenvalue weighted by molar-refractivity contribution is -0.113. The Labute approximate surface area is 165 Å². The Hall–Kier alpha value is -1.89. The van der Waals surface area contributed by atoms with Crippen molar-refractivity contribution in [1.29, 1.82) is 0 Å². The average Bonchev–Trinajstić information content (AvgIpc) is 3.30. The number of carbonyl (C=O) groups is 1. The van der Waals surface area contributed by atoms with Crippen LogP contribution in [0, 0.1) is 0 Å². The predicted octanol–water partition coefficient (Wildman–Crippen LogP) is 4.77. The van der Waals surface area contributed by atoms with Crippen LogP contribution in [0.15, 0.2) is 23.4 Å². The number of tetrazole rings is 1. The summed E-state index contributed by atoms with van der Waals surface area (Å²) in [4.78, 5) is 12.7. The predicted molar refractivity (Wildman–Crippen MR) is 109 cm³/mol. The van der Waals surface area contributed by atoms with E-state index in [0.717, 1.165) is 23.7 Å². The number of amides is 1. The molecule has 0 saturated heterocycles. The number of rotatable bonds is 7. The van der Waals surface area contributed by atoms with Crippen LogP contribution in [-0.2, 0) is 4.79 Å². The number of para-hydroxylation sites is 1. The average molecular weight is 388 g/mol. The van der Waals surface area contributed by atoms with Gasteiger partial charge in [-0.25, -0.2) is 4.68 Å². The zero-order valence-electron chi connectivity index (χ0n) is 16.6. The Morgan fingerprint density at radius 1 is 1.19 bits per heavy atom. The highest BCUT2D eigenvalue weighted by molar-refractivity contribution is 7.99. The number of benzene rings is 1. The minimum absolute atomic E-state index is 0.0176. The van der Waals surface area contributed by atoms with Gasteiger partial charge in [0.05, 0.1) is 11.8 Å². The van der Waals surface area contributed by atoms with Crippen LogP contribution in [0.5, 0.6) is 0 Å². The zero-order chi connectivity index (χ0) is 19.4. The van der Waals surface area contributed by atoms with E-state index in [1.165, 1.54) is 35.7 Å². The molecule has 1 aromatic heterocycles. The highest BCUT2D eigenvalue weighted by Gasteiger charge is 2.22. The summed E-state index contributed by atoms with van der Waals surface area (Å²) >= 11 is 1.41. The van der Waals surface area contributed by atoms with Crippen LogP contribution in [0.25, 0.3) is 0 Å². The maximum absolute atomic E-state index is 12.7. The smallest absolute Gasteiger partial charge is 0.234 e. The van der Waals surface area contributed by atoms with Gasteiger partial charge in [-0.15, -0.1) is 5.10 Å². The summed E-state index contributed by atoms with van der Waals surface area (Å²) in [6.07, 6.45) is 4.67. The summed E-state index contributed by atoms with van der Waals surface area (Å²) in [5, 5.41) is 16.0. The van der Waals surface area contributed by atoms with Crippen molar-refractivity contribution in [3.63, 3.8) is 0 Å². The molecule has 1 saturated carbocycles. The first kappa shape index (κ1) is 19.9. The fourth-order valence-electron chi connectivity index (χ4n) is 3.66. The van der Waals surface area contributed by atoms with Gasteiger partial charge in [-0.05, 0) is 46.2 Å². The van der Waals surface area contributed by atoms with E-state index >= 15 is 0 Å². The van der Waals surface area contributed by atoms with Crippen molar-refractivity contribution in [2.45, 2.75) is 76.4 Å². The molecule has 2 aromatic rings. The maximum Gasteiger partial charge on any atom is 0.234 e. The molecule has 1 aliphatic rings. The fourth-order valence-corrected chi connectivity index (χ4v) is 4.40. The van der Waals surface area contributed by atoms with Gasteiger partial charge in [0.2, 0.25) is 11.1 Å². The third kappa shape index (κ3) is 4.69. The van der Waals surface area contributed by atoms with E-state index in [-0.39, 0.29) is 5.91 Å². The summed E-state index contributed by atoms with van der Waals surface area (Å²) in [5.74, 6) is 0.982. The molecular weight excluding hydrogens is 358 g/mol. The summed E-state index contributed by atoms with van der Waals surface area (Å²) < 4.78 is 1.90. The van der Waals surface area contributed by atoms with Crippen LogP contribution in [0.3, 0.4) is 0 Å². The molecule has 146 valence electrons. The van der Waals surface area contributed by atoms with Crippen LogP contribution in [0.2, 0.25) is 0 Å². The van der Waals surface area contributed by atoms with E-state index in [1.54, 1.807) is 0 Å². The lowest BCUT2D eigenvalue weighted by Gasteiger charge is -2.20. The molecule has 3 rings (SSSR count). The Morgan fingerprint density at radius 2 is 1.81 bits per heavy atom. The Kier molecular flexibility index (Phi) is 6.52. The van der Waals surface area contributed by atoms with Crippen LogP contribution in [0.4, 0.5) is 5.69 Å². The number of thioether (sulfide) groups is 1. The molecule has 0 radical (unpaired) electrons. The van der Waals surface area contributed by atoms with Gasteiger partial charge in [-0.1, -0.05) is 70.5 Å². The number of hydrogen-bond donors (Lipinski definition) is 1. The number of nitrogens with zero attached hydrogens (tertiary/aromatic N) is 4. The van der Waals surface area contributed by atoms with Gasteiger partial charge in [-0.3, -0.25) is 4.79 Å². The Balaban J connectivity index is 1.69. The van der Waals surface area contributed by atoms with E-state index in [1.807, 2.05) is 4.68 Å². The molecule has 6 nitrogen and oxygen atoms in total. The largest absolute Gasteiger partial charge is 0.325 e. The third-order valence-electron chi connectivity index (χ3n) is 5.10. The van der Waals surface area contributed by atoms with Crippen molar-refractivity contribution in [1.82, 2.24) is 20.2 Å². The SMILES string of the molecule is CC(C)c1cccc(C(C)C)c1NC(=O)CSc1nnnn1C1CCCC1. The summed E-state index contributed by atoms with van der Waals surface area (Å²) in [6.45, 7) is 8.61. The monoisotopic (exact) mass is 387 g/mol. The van der Waals surface area contributed by atoms with E-state index in [0.29, 0.717) is 23.6 Å². The molecule has 1 N–H and O–H groups in total. The van der Waals surface area contributed by atoms with E-state index < -0.39 is 0 Å². The van der Waals surface area contributed by atoms with E-state index in [4.69, 9.17) is 0 Å². The normalized spacial score (nSPS) is 15.0. The molecule has 0 bridgehead atoms. The van der Waals surface area contributed by atoms with E-state index in [9.17, 15) is 4.79 Å². The number of anilines is 1. The lowest BCUT2D eigenvalue weighted by Crippen LogP contribution is -2.18. The van der Waals surface area contributed by atoms with Gasteiger partial charge in [0.1, 0.15) is 0 Å². The maximum atomic E-state index is 12.7. The second kappa shape index (κ2) is 8.87. The van der Waals surface area contributed by atoms with Gasteiger partial charge in [0.25, 0.3) is 0 Å². The van der Waals surface area contributed by atoms with Crippen molar-refractivity contribution >= 4 is 23.4 Å². The first-order valence-electron chi connectivity index (χ1n) is 9.80. The van der Waals surface area contributed by atoms with Crippen molar-refractivity contribution in [2.24, 2.45) is 0 Å². The third-order valence-corrected chi connectivity index (χ3v) is 6.04. The summed E-state index contributed by atoms with van der Waals surface area (Å²) in [6, 6.07) is 6.64. The molecule has 1 fully saturated rings. The van der Waals surface area contributed by atoms with Crippen molar-refractivity contribution < 1.29 is 4.79 Å². The molecule has 1 aliphatic carbocycles. The zero-order valence-corrected chi connectivity index (χ0v) is 17.4. The quantitative estimate of drug-likeness (QED) is 0.693. The fraction of sp³-hybridized carbons (Fsp3) is 0.600. The standard InChI is InChI=1S/C20H29N5OS/c1-13(2)16-10-7-11-17(14(3)4)19(16)21-18(26)12-27-20-22-23-24-25(20)15-8-5-6-9-15/h7,10-11,13-15H,5-6,8-9,12H2,1-4H3,(H,21,26). The molecular formula is C20H29N5OS. The van der Waals surface area contributed by atoms with Crippen molar-refractivity contribution in [2.75, 3.05) is 11.1 Å². The van der Waals surface area contributed by atoms with Gasteiger partial charge < -0.3 is 5.32 Å².